The van der Waals surface area contributed by atoms with Crippen molar-refractivity contribution in [2.75, 3.05) is 0 Å². The molecule has 1 heterocycles. The number of hydrogen-bond acceptors (Lipinski definition) is 5. The summed E-state index contributed by atoms with van der Waals surface area (Å²) >= 11 is 3.30. The molecule has 0 spiro atoms. The molecule has 7 nitrogen and oxygen atoms in total. The quantitative estimate of drug-likeness (QED) is 0.379. The highest BCUT2D eigenvalue weighted by Crippen LogP contribution is 2.20. The Bertz CT molecular complexity index is 1080. The maximum atomic E-state index is 12.5. The zero-order valence-corrected chi connectivity index (χ0v) is 14.7. The van der Waals surface area contributed by atoms with Crippen molar-refractivity contribution in [3.05, 3.63) is 78.8 Å². The second-order valence-electron chi connectivity index (χ2n) is 5.52. The first kappa shape index (κ1) is 17.0. The zero-order chi connectivity index (χ0) is 18.1. The molecule has 0 amide bonds. The fraction of sp³-hybridized carbons (Fsp3) is 0.118. The normalized spacial score (nSPS) is 10.8. The van der Waals surface area contributed by atoms with E-state index in [9.17, 15) is 19.7 Å². The van der Waals surface area contributed by atoms with E-state index in [0.29, 0.717) is 16.5 Å². The predicted octanol–water partition coefficient (Wildman–Crippen LogP) is 3.26. The van der Waals surface area contributed by atoms with Crippen LogP contribution in [0.25, 0.3) is 10.9 Å². The molecular formula is C17H12BrN3O4. The van der Waals surface area contributed by atoms with Crippen LogP contribution in [-0.2, 0) is 6.54 Å². The number of halogens is 1. The largest absolute Gasteiger partial charge is 0.292 e. The third-order valence-electron chi connectivity index (χ3n) is 3.83. The van der Waals surface area contributed by atoms with Gasteiger partial charge in [-0.15, -0.1) is 0 Å². The van der Waals surface area contributed by atoms with E-state index in [-0.39, 0.29) is 23.4 Å². The number of nitro groups is 1. The summed E-state index contributed by atoms with van der Waals surface area (Å²) in [6, 6.07) is 9.38. The van der Waals surface area contributed by atoms with Crippen LogP contribution in [0.2, 0.25) is 0 Å². The lowest BCUT2D eigenvalue weighted by atomic mass is 10.1. The molecule has 0 fully saturated rings. The van der Waals surface area contributed by atoms with Crippen molar-refractivity contribution < 1.29 is 9.72 Å². The van der Waals surface area contributed by atoms with Crippen LogP contribution in [0.5, 0.6) is 0 Å². The van der Waals surface area contributed by atoms with Crippen LogP contribution in [0.3, 0.4) is 0 Å². The maximum Gasteiger partial charge on any atom is 0.273 e. The maximum absolute atomic E-state index is 12.5. The van der Waals surface area contributed by atoms with Gasteiger partial charge in [-0.3, -0.25) is 24.3 Å². The minimum atomic E-state index is -0.534. The molecule has 3 rings (SSSR count). The van der Waals surface area contributed by atoms with Crippen molar-refractivity contribution in [3.8, 4) is 0 Å². The minimum absolute atomic E-state index is 0.126. The molecular weight excluding hydrogens is 390 g/mol. The Hall–Kier alpha value is -2.87. The van der Waals surface area contributed by atoms with Gasteiger partial charge in [0.05, 0.1) is 28.7 Å². The highest BCUT2D eigenvalue weighted by atomic mass is 79.9. The van der Waals surface area contributed by atoms with Crippen molar-refractivity contribution in [3.63, 3.8) is 0 Å². The van der Waals surface area contributed by atoms with E-state index in [1.807, 2.05) is 0 Å². The molecule has 2 aromatic carbocycles. The Labute approximate surface area is 150 Å². The Morgan fingerprint density at radius 1 is 1.28 bits per heavy atom. The third kappa shape index (κ3) is 3.34. The summed E-state index contributed by atoms with van der Waals surface area (Å²) in [5.74, 6) is -0.402. The van der Waals surface area contributed by atoms with E-state index in [4.69, 9.17) is 0 Å². The minimum Gasteiger partial charge on any atom is -0.292 e. The molecule has 0 N–H and O–H groups in total. The Morgan fingerprint density at radius 3 is 2.76 bits per heavy atom. The number of fused-ring (bicyclic) bond motifs is 1. The van der Waals surface area contributed by atoms with E-state index in [1.54, 1.807) is 25.1 Å². The summed E-state index contributed by atoms with van der Waals surface area (Å²) in [6.45, 7) is 1.36. The Balaban J connectivity index is 1.97. The molecule has 0 saturated heterocycles. The van der Waals surface area contributed by atoms with Gasteiger partial charge in [0.2, 0.25) is 0 Å². The second-order valence-corrected chi connectivity index (χ2v) is 6.44. The van der Waals surface area contributed by atoms with Crippen molar-refractivity contribution in [1.82, 2.24) is 9.55 Å². The molecule has 0 aliphatic carbocycles. The molecule has 3 aromatic rings. The highest BCUT2D eigenvalue weighted by molar-refractivity contribution is 9.10. The van der Waals surface area contributed by atoms with Crippen LogP contribution in [-0.4, -0.2) is 20.3 Å². The monoisotopic (exact) mass is 401 g/mol. The number of rotatable bonds is 4. The molecule has 126 valence electrons. The first-order valence-corrected chi connectivity index (χ1v) is 8.09. The van der Waals surface area contributed by atoms with Gasteiger partial charge < -0.3 is 0 Å². The molecule has 1 aromatic heterocycles. The number of aryl methyl sites for hydroxylation is 1. The Morgan fingerprint density at radius 2 is 2.04 bits per heavy atom. The third-order valence-corrected chi connectivity index (χ3v) is 4.32. The number of hydrogen-bond donors (Lipinski definition) is 0. The van der Waals surface area contributed by atoms with Crippen molar-refractivity contribution >= 4 is 38.3 Å². The molecule has 8 heteroatoms. The molecule has 0 aliphatic rings. The molecule has 0 atom stereocenters. The molecule has 0 aliphatic heterocycles. The predicted molar refractivity (Wildman–Crippen MR) is 95.9 cm³/mol. The van der Waals surface area contributed by atoms with Crippen LogP contribution < -0.4 is 5.56 Å². The van der Waals surface area contributed by atoms with E-state index in [1.165, 1.54) is 29.1 Å². The summed E-state index contributed by atoms with van der Waals surface area (Å²) in [5, 5.41) is 11.4. The molecule has 0 saturated carbocycles. The highest BCUT2D eigenvalue weighted by Gasteiger charge is 2.16. The summed E-state index contributed by atoms with van der Waals surface area (Å²) in [6.07, 6.45) is 1.30. The van der Waals surface area contributed by atoms with Gasteiger partial charge in [0, 0.05) is 21.7 Å². The fourth-order valence-electron chi connectivity index (χ4n) is 2.47. The first-order valence-electron chi connectivity index (χ1n) is 7.30. The van der Waals surface area contributed by atoms with Gasteiger partial charge >= 0.3 is 0 Å². The topological polar surface area (TPSA) is 95.1 Å². The lowest BCUT2D eigenvalue weighted by Crippen LogP contribution is -2.24. The van der Waals surface area contributed by atoms with Crippen LogP contribution in [0.15, 0.2) is 52.0 Å². The number of ketones is 1. The van der Waals surface area contributed by atoms with Crippen LogP contribution in [0, 0.1) is 17.0 Å². The van der Waals surface area contributed by atoms with Crippen molar-refractivity contribution in [1.29, 1.82) is 0 Å². The lowest BCUT2D eigenvalue weighted by molar-refractivity contribution is -0.385. The number of benzene rings is 2. The molecule has 0 radical (unpaired) electrons. The number of carbonyl (C=O) groups excluding carboxylic acids is 1. The number of nitrogens with zero attached hydrogens (tertiary/aromatic N) is 3. The average molecular weight is 402 g/mol. The summed E-state index contributed by atoms with van der Waals surface area (Å²) in [5.41, 5.74) is 0.706. The van der Waals surface area contributed by atoms with E-state index in [2.05, 4.69) is 20.9 Å². The van der Waals surface area contributed by atoms with E-state index in [0.717, 1.165) is 4.47 Å². The van der Waals surface area contributed by atoms with Gasteiger partial charge in [-0.2, -0.15) is 0 Å². The summed E-state index contributed by atoms with van der Waals surface area (Å²) in [4.78, 5) is 39.6. The van der Waals surface area contributed by atoms with Gasteiger partial charge in [0.25, 0.3) is 11.2 Å². The fourth-order valence-corrected chi connectivity index (χ4v) is 2.83. The van der Waals surface area contributed by atoms with E-state index < -0.39 is 10.7 Å². The molecule has 25 heavy (non-hydrogen) atoms. The molecule has 0 unspecified atom stereocenters. The summed E-state index contributed by atoms with van der Waals surface area (Å²) in [7, 11) is 0. The number of carbonyl (C=O) groups is 1. The molecule has 0 bridgehead atoms. The lowest BCUT2D eigenvalue weighted by Gasteiger charge is -2.07. The standard InChI is InChI=1S/C17H12BrN3O4/c1-10-2-3-11(6-15(10)21(24)25)16(22)8-20-9-19-14-5-4-12(18)7-13(14)17(20)23/h2-7,9H,8H2,1H3. The van der Waals surface area contributed by atoms with Crippen LogP contribution in [0.1, 0.15) is 15.9 Å². The number of Topliss-reactive ketones (excluding diaryl/α,β-unsaturated/α-hetero) is 1. The van der Waals surface area contributed by atoms with Crippen molar-refractivity contribution in [2.45, 2.75) is 13.5 Å². The Kier molecular flexibility index (Phi) is 4.45. The number of nitro benzene ring substituents is 1. The van der Waals surface area contributed by atoms with Gasteiger partial charge in [0.15, 0.2) is 5.78 Å². The van der Waals surface area contributed by atoms with E-state index >= 15 is 0 Å². The van der Waals surface area contributed by atoms with Gasteiger partial charge in [-0.25, -0.2) is 4.98 Å². The second kappa shape index (κ2) is 6.56. The average Bonchev–Trinajstić information content (AvgIpc) is 2.58. The smallest absolute Gasteiger partial charge is 0.273 e. The zero-order valence-electron chi connectivity index (χ0n) is 13.1. The van der Waals surface area contributed by atoms with Gasteiger partial charge in [0.1, 0.15) is 0 Å². The van der Waals surface area contributed by atoms with Gasteiger partial charge in [-0.1, -0.05) is 28.1 Å². The number of aromatic nitrogens is 2. The SMILES string of the molecule is Cc1ccc(C(=O)Cn2cnc3ccc(Br)cc3c2=O)cc1[N+](=O)[O-]. The first-order chi connectivity index (χ1) is 11.9. The van der Waals surface area contributed by atoms with Crippen LogP contribution in [0.4, 0.5) is 5.69 Å². The summed E-state index contributed by atoms with van der Waals surface area (Å²) < 4.78 is 1.93. The van der Waals surface area contributed by atoms with Crippen molar-refractivity contribution in [2.24, 2.45) is 0 Å². The van der Waals surface area contributed by atoms with Gasteiger partial charge in [-0.05, 0) is 25.1 Å². The van der Waals surface area contributed by atoms with Crippen LogP contribution >= 0.6 is 15.9 Å².